The minimum atomic E-state index is -1.14. The highest BCUT2D eigenvalue weighted by Gasteiger charge is 2.16. The molecule has 18 heavy (non-hydrogen) atoms. The normalized spacial score (nSPS) is 10.4. The number of carbonyl (C=O) groups is 1. The van der Waals surface area contributed by atoms with Crippen LogP contribution in [0.2, 0.25) is 10.0 Å². The summed E-state index contributed by atoms with van der Waals surface area (Å²) in [5.74, 6) is -1.70. The van der Waals surface area contributed by atoms with E-state index in [1.165, 1.54) is 24.3 Å². The molecule has 0 atom stereocenters. The molecular weight excluding hydrogens is 278 g/mol. The summed E-state index contributed by atoms with van der Waals surface area (Å²) < 4.78 is 13.1. The number of carboxylic acid groups (broad SMARTS) is 1. The van der Waals surface area contributed by atoms with Gasteiger partial charge in [-0.3, -0.25) is 0 Å². The summed E-state index contributed by atoms with van der Waals surface area (Å²) in [6, 6.07) is 8.72. The Hall–Kier alpha value is -1.58. The van der Waals surface area contributed by atoms with Crippen molar-refractivity contribution in [3.63, 3.8) is 0 Å². The summed E-state index contributed by atoms with van der Waals surface area (Å²) in [5, 5.41) is 9.20. The zero-order valence-electron chi connectivity index (χ0n) is 8.95. The maximum Gasteiger partial charge on any atom is 0.337 e. The first-order chi connectivity index (χ1) is 8.50. The highest BCUT2D eigenvalue weighted by Crippen LogP contribution is 2.31. The van der Waals surface area contributed by atoms with Crippen molar-refractivity contribution in [1.29, 1.82) is 0 Å². The van der Waals surface area contributed by atoms with E-state index >= 15 is 0 Å². The smallest absolute Gasteiger partial charge is 0.337 e. The number of carboxylic acids is 1. The average Bonchev–Trinajstić information content (AvgIpc) is 2.32. The highest BCUT2D eigenvalue weighted by atomic mass is 35.5. The number of rotatable bonds is 2. The van der Waals surface area contributed by atoms with Crippen molar-refractivity contribution >= 4 is 29.2 Å². The van der Waals surface area contributed by atoms with Gasteiger partial charge in [0.2, 0.25) is 0 Å². The summed E-state index contributed by atoms with van der Waals surface area (Å²) in [5.41, 5.74) is 0.875. The van der Waals surface area contributed by atoms with Gasteiger partial charge in [0, 0.05) is 0 Å². The maximum atomic E-state index is 13.1. The zero-order valence-corrected chi connectivity index (χ0v) is 10.5. The van der Waals surface area contributed by atoms with Crippen molar-refractivity contribution in [1.82, 2.24) is 0 Å². The second-order valence-corrected chi connectivity index (χ2v) is 4.41. The largest absolute Gasteiger partial charge is 0.478 e. The maximum absolute atomic E-state index is 13.1. The lowest BCUT2D eigenvalue weighted by atomic mass is 9.99. The van der Waals surface area contributed by atoms with Crippen LogP contribution in [0.5, 0.6) is 0 Å². The molecule has 2 nitrogen and oxygen atoms in total. The predicted molar refractivity (Wildman–Crippen MR) is 68.8 cm³/mol. The van der Waals surface area contributed by atoms with Crippen molar-refractivity contribution in [2.45, 2.75) is 0 Å². The Bertz CT molecular complexity index is 626. The van der Waals surface area contributed by atoms with Crippen LogP contribution in [0.15, 0.2) is 36.4 Å². The van der Waals surface area contributed by atoms with Crippen LogP contribution < -0.4 is 0 Å². The van der Waals surface area contributed by atoms with Gasteiger partial charge in [-0.1, -0.05) is 41.4 Å². The number of hydrogen-bond donors (Lipinski definition) is 1. The van der Waals surface area contributed by atoms with E-state index in [1.807, 2.05) is 0 Å². The predicted octanol–water partition coefficient (Wildman–Crippen LogP) is 4.50. The van der Waals surface area contributed by atoms with Crippen LogP contribution in [0.4, 0.5) is 4.39 Å². The summed E-state index contributed by atoms with van der Waals surface area (Å²) in [6.07, 6.45) is 0. The summed E-state index contributed by atoms with van der Waals surface area (Å²) >= 11 is 11.5. The van der Waals surface area contributed by atoms with Gasteiger partial charge in [-0.05, 0) is 29.3 Å². The Kier molecular flexibility index (Phi) is 3.55. The van der Waals surface area contributed by atoms with E-state index < -0.39 is 11.8 Å². The van der Waals surface area contributed by atoms with E-state index in [1.54, 1.807) is 12.1 Å². The Balaban J connectivity index is 2.67. The van der Waals surface area contributed by atoms with E-state index in [4.69, 9.17) is 28.3 Å². The number of halogens is 3. The zero-order chi connectivity index (χ0) is 13.3. The van der Waals surface area contributed by atoms with Crippen LogP contribution in [0.1, 0.15) is 10.4 Å². The molecular formula is C13H7Cl2FO2. The van der Waals surface area contributed by atoms with Crippen molar-refractivity contribution < 1.29 is 14.3 Å². The van der Waals surface area contributed by atoms with Crippen molar-refractivity contribution in [2.75, 3.05) is 0 Å². The Labute approximate surface area is 113 Å². The number of aromatic carboxylic acids is 1. The monoisotopic (exact) mass is 284 g/mol. The minimum absolute atomic E-state index is 0.0261. The molecule has 0 aromatic heterocycles. The van der Waals surface area contributed by atoms with Crippen molar-refractivity contribution in [3.05, 3.63) is 57.8 Å². The van der Waals surface area contributed by atoms with Crippen LogP contribution in [-0.4, -0.2) is 11.1 Å². The van der Waals surface area contributed by atoms with Gasteiger partial charge in [0.15, 0.2) is 0 Å². The third-order valence-corrected chi connectivity index (χ3v) is 3.06. The van der Waals surface area contributed by atoms with Crippen LogP contribution >= 0.6 is 23.2 Å². The van der Waals surface area contributed by atoms with Gasteiger partial charge >= 0.3 is 5.97 Å². The first-order valence-corrected chi connectivity index (χ1v) is 5.73. The molecule has 0 amide bonds. The van der Waals surface area contributed by atoms with Crippen LogP contribution in [0.25, 0.3) is 11.1 Å². The Morgan fingerprint density at radius 2 is 1.83 bits per heavy atom. The van der Waals surface area contributed by atoms with Gasteiger partial charge in [0.05, 0.1) is 15.6 Å². The molecule has 0 saturated carbocycles. The lowest BCUT2D eigenvalue weighted by molar-refractivity contribution is 0.0698. The topological polar surface area (TPSA) is 37.3 Å². The second-order valence-electron chi connectivity index (χ2n) is 3.60. The van der Waals surface area contributed by atoms with E-state index in [9.17, 15) is 9.18 Å². The summed E-state index contributed by atoms with van der Waals surface area (Å²) in [4.78, 5) is 11.2. The average molecular weight is 285 g/mol. The third-order valence-electron chi connectivity index (χ3n) is 2.46. The molecule has 0 saturated heterocycles. The van der Waals surface area contributed by atoms with E-state index in [2.05, 4.69) is 0 Å². The molecule has 0 unspecified atom stereocenters. The second kappa shape index (κ2) is 4.96. The van der Waals surface area contributed by atoms with Gasteiger partial charge in [-0.2, -0.15) is 0 Å². The molecule has 0 aliphatic rings. The number of benzene rings is 2. The standard InChI is InChI=1S/C13H7Cl2FO2/c14-9-3-1-2-8(12(9)13(17)18)7-4-5-11(16)10(15)6-7/h1-6H,(H,17,18). The lowest BCUT2D eigenvalue weighted by Crippen LogP contribution is -2.00. The van der Waals surface area contributed by atoms with E-state index in [-0.39, 0.29) is 15.6 Å². The fraction of sp³-hybridized carbons (Fsp3) is 0. The van der Waals surface area contributed by atoms with E-state index in [0.29, 0.717) is 11.1 Å². The molecule has 92 valence electrons. The molecule has 0 bridgehead atoms. The molecule has 0 radical (unpaired) electrons. The fourth-order valence-electron chi connectivity index (χ4n) is 1.65. The quantitative estimate of drug-likeness (QED) is 0.882. The molecule has 0 fully saturated rings. The molecule has 2 rings (SSSR count). The van der Waals surface area contributed by atoms with Crippen LogP contribution in [0.3, 0.4) is 0 Å². The molecule has 2 aromatic rings. The molecule has 0 aliphatic carbocycles. The Morgan fingerprint density at radius 3 is 2.44 bits per heavy atom. The number of hydrogen-bond acceptors (Lipinski definition) is 1. The first kappa shape index (κ1) is 12.9. The molecule has 0 heterocycles. The van der Waals surface area contributed by atoms with Gasteiger partial charge in [-0.25, -0.2) is 9.18 Å². The van der Waals surface area contributed by atoms with Gasteiger partial charge in [0.25, 0.3) is 0 Å². The summed E-state index contributed by atoms with van der Waals surface area (Å²) in [7, 11) is 0. The molecule has 2 aromatic carbocycles. The lowest BCUT2D eigenvalue weighted by Gasteiger charge is -2.08. The summed E-state index contributed by atoms with van der Waals surface area (Å²) in [6.45, 7) is 0. The van der Waals surface area contributed by atoms with Crippen molar-refractivity contribution in [2.24, 2.45) is 0 Å². The molecule has 0 spiro atoms. The van der Waals surface area contributed by atoms with E-state index in [0.717, 1.165) is 0 Å². The third kappa shape index (κ3) is 2.33. The first-order valence-electron chi connectivity index (χ1n) is 4.98. The van der Waals surface area contributed by atoms with Gasteiger partial charge < -0.3 is 5.11 Å². The minimum Gasteiger partial charge on any atom is -0.478 e. The van der Waals surface area contributed by atoms with Crippen LogP contribution in [0, 0.1) is 5.82 Å². The Morgan fingerprint density at radius 1 is 1.11 bits per heavy atom. The van der Waals surface area contributed by atoms with Crippen molar-refractivity contribution in [3.8, 4) is 11.1 Å². The molecule has 1 N–H and O–H groups in total. The van der Waals surface area contributed by atoms with Gasteiger partial charge in [0.1, 0.15) is 5.82 Å². The SMILES string of the molecule is O=C(O)c1c(Cl)cccc1-c1ccc(F)c(Cl)c1. The fourth-order valence-corrected chi connectivity index (χ4v) is 2.08. The molecule has 0 aliphatic heterocycles. The highest BCUT2D eigenvalue weighted by molar-refractivity contribution is 6.34. The molecule has 5 heteroatoms. The van der Waals surface area contributed by atoms with Crippen LogP contribution in [-0.2, 0) is 0 Å². The van der Waals surface area contributed by atoms with Gasteiger partial charge in [-0.15, -0.1) is 0 Å².